The molecule has 0 amide bonds. The highest BCUT2D eigenvalue weighted by Crippen LogP contribution is 2.66. The fourth-order valence-electron chi connectivity index (χ4n) is 8.07. The smallest absolute Gasteiger partial charge is 0.302 e. The highest BCUT2D eigenvalue weighted by molar-refractivity contribution is 7.16. The summed E-state index contributed by atoms with van der Waals surface area (Å²) in [5.41, 5.74) is 4.17. The van der Waals surface area contributed by atoms with Crippen molar-refractivity contribution in [2.45, 2.75) is 71.8 Å². The zero-order chi connectivity index (χ0) is 24.4. The SMILES string of the molecule is COc1ccc(Nc2nc3c(s2)C2=CC[C@H]4[C@@H]5CC[C@H](OC(C)=O)[C@@]5(C)CC[C@@H]4[C@@]2(C)CC3)cc1. The van der Waals surface area contributed by atoms with Gasteiger partial charge in [0.05, 0.1) is 17.7 Å². The number of nitrogens with one attached hydrogen (secondary N) is 1. The Labute approximate surface area is 212 Å². The maximum atomic E-state index is 11.8. The summed E-state index contributed by atoms with van der Waals surface area (Å²) in [6, 6.07) is 8.03. The van der Waals surface area contributed by atoms with Crippen molar-refractivity contribution in [1.82, 2.24) is 4.98 Å². The first-order valence-electron chi connectivity index (χ1n) is 13.1. The van der Waals surface area contributed by atoms with Crippen LogP contribution in [0.3, 0.4) is 0 Å². The van der Waals surface area contributed by atoms with Crippen LogP contribution in [0.1, 0.15) is 69.9 Å². The molecular weight excluding hydrogens is 456 g/mol. The third-order valence-electron chi connectivity index (χ3n) is 9.85. The number of carbonyl (C=O) groups is 1. The molecule has 0 spiro atoms. The molecule has 4 aliphatic carbocycles. The van der Waals surface area contributed by atoms with Gasteiger partial charge >= 0.3 is 5.97 Å². The number of allylic oxidation sites excluding steroid dienone is 2. The molecule has 1 N–H and O–H groups in total. The van der Waals surface area contributed by atoms with Crippen LogP contribution in [0.5, 0.6) is 5.75 Å². The molecule has 1 heterocycles. The summed E-state index contributed by atoms with van der Waals surface area (Å²) >= 11 is 1.81. The Morgan fingerprint density at radius 1 is 1.11 bits per heavy atom. The molecule has 2 saturated carbocycles. The van der Waals surface area contributed by atoms with Crippen molar-refractivity contribution in [2.75, 3.05) is 12.4 Å². The van der Waals surface area contributed by atoms with E-state index in [1.54, 1.807) is 19.6 Å². The van der Waals surface area contributed by atoms with Gasteiger partial charge < -0.3 is 14.8 Å². The molecule has 6 atom stereocenters. The number of hydrogen-bond donors (Lipinski definition) is 1. The summed E-state index contributed by atoms with van der Waals surface area (Å²) in [7, 11) is 1.69. The van der Waals surface area contributed by atoms with Crippen LogP contribution in [0.15, 0.2) is 30.3 Å². The van der Waals surface area contributed by atoms with Crippen molar-refractivity contribution < 1.29 is 14.3 Å². The highest BCUT2D eigenvalue weighted by Gasteiger charge is 2.59. The Hall–Kier alpha value is -2.34. The van der Waals surface area contributed by atoms with Crippen molar-refractivity contribution in [3.63, 3.8) is 0 Å². The summed E-state index contributed by atoms with van der Waals surface area (Å²) in [5, 5.41) is 4.49. The third-order valence-corrected chi connectivity index (χ3v) is 10.9. The first kappa shape index (κ1) is 23.1. The van der Waals surface area contributed by atoms with E-state index in [0.29, 0.717) is 17.8 Å². The fourth-order valence-corrected chi connectivity index (χ4v) is 9.28. The van der Waals surface area contributed by atoms with E-state index in [-0.39, 0.29) is 22.9 Å². The van der Waals surface area contributed by atoms with Gasteiger partial charge in [0, 0.05) is 18.0 Å². The minimum atomic E-state index is -0.124. The second kappa shape index (κ2) is 8.36. The predicted octanol–water partition coefficient (Wildman–Crippen LogP) is 7.01. The molecule has 1 aromatic heterocycles. The summed E-state index contributed by atoms with van der Waals surface area (Å²) in [4.78, 5) is 18.2. The monoisotopic (exact) mass is 492 g/mol. The third kappa shape index (κ3) is 3.62. The van der Waals surface area contributed by atoms with Gasteiger partial charge in [0.25, 0.3) is 0 Å². The lowest BCUT2D eigenvalue weighted by Gasteiger charge is -2.56. The number of aryl methyl sites for hydroxylation is 1. The summed E-state index contributed by atoms with van der Waals surface area (Å²) in [5.74, 6) is 2.77. The fraction of sp³-hybridized carbons (Fsp3) is 0.586. The van der Waals surface area contributed by atoms with Crippen LogP contribution in [-0.2, 0) is 16.0 Å². The van der Waals surface area contributed by atoms with E-state index in [9.17, 15) is 4.79 Å². The van der Waals surface area contributed by atoms with Gasteiger partial charge in [0.15, 0.2) is 5.13 Å². The molecule has 4 aliphatic rings. The molecule has 0 radical (unpaired) electrons. The summed E-state index contributed by atoms with van der Waals surface area (Å²) in [6.07, 6.45) is 10.6. The van der Waals surface area contributed by atoms with Crippen LogP contribution < -0.4 is 10.1 Å². The zero-order valence-electron chi connectivity index (χ0n) is 21.2. The van der Waals surface area contributed by atoms with Crippen molar-refractivity contribution in [3.8, 4) is 5.75 Å². The van der Waals surface area contributed by atoms with Gasteiger partial charge in [-0.15, -0.1) is 0 Å². The van der Waals surface area contributed by atoms with Gasteiger partial charge in [-0.1, -0.05) is 31.3 Å². The van der Waals surface area contributed by atoms with Crippen LogP contribution in [-0.4, -0.2) is 24.2 Å². The standard InChI is InChI=1S/C29H36N2O3S/c1-17(32)34-25-12-11-21-20-9-10-23-26-24(14-16-28(23,2)22(20)13-15-29(21,25)3)31-27(35-26)30-18-5-7-19(33-4)8-6-18/h5-8,10,20-22,25H,9,11-16H2,1-4H3,(H,30,31)/t20-,21-,22-,25-,28+,29-/m0/s1. The molecule has 1 aromatic carbocycles. The first-order chi connectivity index (χ1) is 16.8. The Morgan fingerprint density at radius 3 is 2.66 bits per heavy atom. The Balaban J connectivity index is 1.27. The number of benzene rings is 1. The predicted molar refractivity (Wildman–Crippen MR) is 140 cm³/mol. The Kier molecular flexibility index (Phi) is 5.51. The molecule has 5 nitrogen and oxygen atoms in total. The minimum absolute atomic E-state index is 0.0928. The Morgan fingerprint density at radius 2 is 1.91 bits per heavy atom. The van der Waals surface area contributed by atoms with Gasteiger partial charge in [0.1, 0.15) is 11.9 Å². The molecular formula is C29H36N2O3S. The van der Waals surface area contributed by atoms with E-state index in [1.807, 2.05) is 35.6 Å². The van der Waals surface area contributed by atoms with Gasteiger partial charge in [-0.25, -0.2) is 4.98 Å². The van der Waals surface area contributed by atoms with Crippen LogP contribution in [0.25, 0.3) is 5.57 Å². The zero-order valence-corrected chi connectivity index (χ0v) is 22.0. The van der Waals surface area contributed by atoms with Gasteiger partial charge in [-0.2, -0.15) is 0 Å². The van der Waals surface area contributed by atoms with Crippen molar-refractivity contribution in [1.29, 1.82) is 0 Å². The number of thiazole rings is 1. The summed E-state index contributed by atoms with van der Waals surface area (Å²) in [6.45, 7) is 6.48. The number of hydrogen-bond acceptors (Lipinski definition) is 6. The lowest BCUT2D eigenvalue weighted by Crippen LogP contribution is -2.50. The second-order valence-electron chi connectivity index (χ2n) is 11.5. The molecule has 35 heavy (non-hydrogen) atoms. The number of rotatable bonds is 4. The Bertz CT molecular complexity index is 1170. The van der Waals surface area contributed by atoms with E-state index in [4.69, 9.17) is 14.5 Å². The van der Waals surface area contributed by atoms with E-state index in [2.05, 4.69) is 25.2 Å². The largest absolute Gasteiger partial charge is 0.497 e. The van der Waals surface area contributed by atoms with Crippen LogP contribution >= 0.6 is 11.3 Å². The number of nitrogens with zero attached hydrogens (tertiary/aromatic N) is 1. The highest BCUT2D eigenvalue weighted by atomic mass is 32.1. The molecule has 6 rings (SSSR count). The second-order valence-corrected chi connectivity index (χ2v) is 12.5. The number of esters is 1. The number of ether oxygens (including phenoxy) is 2. The maximum Gasteiger partial charge on any atom is 0.302 e. The lowest BCUT2D eigenvalue weighted by molar-refractivity contribution is -0.156. The van der Waals surface area contributed by atoms with Crippen LogP contribution in [0, 0.1) is 28.6 Å². The molecule has 2 fully saturated rings. The summed E-state index contributed by atoms with van der Waals surface area (Å²) < 4.78 is 11.1. The van der Waals surface area contributed by atoms with E-state index in [1.165, 1.54) is 36.3 Å². The number of methoxy groups -OCH3 is 1. The number of carbonyl (C=O) groups excluding carboxylic acids is 1. The number of anilines is 2. The maximum absolute atomic E-state index is 11.8. The first-order valence-corrected chi connectivity index (χ1v) is 13.9. The average Bonchev–Trinajstić information content (AvgIpc) is 3.39. The van der Waals surface area contributed by atoms with Crippen molar-refractivity contribution in [3.05, 3.63) is 40.9 Å². The molecule has 6 heteroatoms. The number of fused-ring (bicyclic) bond motifs is 7. The molecule has 2 aromatic rings. The topological polar surface area (TPSA) is 60.4 Å². The average molecular weight is 493 g/mol. The van der Waals surface area contributed by atoms with E-state index >= 15 is 0 Å². The number of aromatic nitrogens is 1. The molecule has 0 saturated heterocycles. The van der Waals surface area contributed by atoms with Crippen molar-refractivity contribution in [2.24, 2.45) is 28.6 Å². The van der Waals surface area contributed by atoms with E-state index in [0.717, 1.165) is 35.8 Å². The van der Waals surface area contributed by atoms with Crippen LogP contribution in [0.4, 0.5) is 10.8 Å². The quantitative estimate of drug-likeness (QED) is 0.465. The van der Waals surface area contributed by atoms with Gasteiger partial charge in [0.2, 0.25) is 0 Å². The van der Waals surface area contributed by atoms with Gasteiger partial charge in [-0.05, 0) is 98.0 Å². The lowest BCUT2D eigenvalue weighted by atomic mass is 9.48. The molecule has 0 bridgehead atoms. The molecule has 186 valence electrons. The van der Waals surface area contributed by atoms with Crippen LogP contribution in [0.2, 0.25) is 0 Å². The van der Waals surface area contributed by atoms with E-state index < -0.39 is 0 Å². The molecule has 0 aliphatic heterocycles. The van der Waals surface area contributed by atoms with Crippen molar-refractivity contribution >= 4 is 33.7 Å². The molecule has 0 unspecified atom stereocenters. The minimum Gasteiger partial charge on any atom is -0.497 e. The van der Waals surface area contributed by atoms with Gasteiger partial charge in [-0.3, -0.25) is 4.79 Å². The normalized spacial score (nSPS) is 35.1.